The summed E-state index contributed by atoms with van der Waals surface area (Å²) in [5, 5.41) is 22.9. The van der Waals surface area contributed by atoms with Gasteiger partial charge in [0.25, 0.3) is 0 Å². The highest BCUT2D eigenvalue weighted by Gasteiger charge is 2.25. The molecule has 1 aliphatic rings. The topological polar surface area (TPSA) is 97.3 Å². The Morgan fingerprint density at radius 3 is 2.61 bits per heavy atom. The van der Waals surface area contributed by atoms with Crippen molar-refractivity contribution in [3.63, 3.8) is 0 Å². The lowest BCUT2D eigenvalue weighted by molar-refractivity contribution is -0.0796. The van der Waals surface area contributed by atoms with E-state index in [1.165, 1.54) is 0 Å². The molecule has 1 amide bonds. The molecule has 150 valence electrons. The van der Waals surface area contributed by atoms with Gasteiger partial charge < -0.3 is 29.7 Å². The molecule has 2 atom stereocenters. The van der Waals surface area contributed by atoms with Crippen molar-refractivity contribution in [1.29, 1.82) is 0 Å². The number of aliphatic hydroxyl groups excluding tert-OH is 2. The fourth-order valence-corrected chi connectivity index (χ4v) is 2.86. The van der Waals surface area contributed by atoms with Crippen LogP contribution in [0.25, 0.3) is 0 Å². The average Bonchev–Trinajstić information content (AvgIpc) is 2.68. The van der Waals surface area contributed by atoms with Gasteiger partial charge in [0.05, 0.1) is 30.9 Å². The van der Waals surface area contributed by atoms with E-state index >= 15 is 0 Å². The van der Waals surface area contributed by atoms with E-state index in [4.69, 9.17) is 25.8 Å². The summed E-state index contributed by atoms with van der Waals surface area (Å²) in [5.41, 5.74) is 1.27. The Labute approximate surface area is 167 Å². The summed E-state index contributed by atoms with van der Waals surface area (Å²) in [7, 11) is 0. The minimum absolute atomic E-state index is 0.0282. The number of ether oxygens (including phenoxy) is 3. The smallest absolute Gasteiger partial charge is 0.407 e. The zero-order valence-electron chi connectivity index (χ0n) is 15.1. The molecule has 1 heterocycles. The van der Waals surface area contributed by atoms with Crippen molar-refractivity contribution in [1.82, 2.24) is 5.32 Å². The van der Waals surface area contributed by atoms with Crippen LogP contribution >= 0.6 is 11.6 Å². The third-order valence-electron chi connectivity index (χ3n) is 4.29. The average molecular weight is 408 g/mol. The van der Waals surface area contributed by atoms with E-state index in [2.05, 4.69) is 5.32 Å². The second kappa shape index (κ2) is 9.75. The summed E-state index contributed by atoms with van der Waals surface area (Å²) >= 11 is 6.22. The van der Waals surface area contributed by atoms with E-state index in [9.17, 15) is 15.0 Å². The fraction of sp³-hybridized carbons (Fsp3) is 0.350. The van der Waals surface area contributed by atoms with Gasteiger partial charge in [0.15, 0.2) is 0 Å². The molecule has 1 saturated heterocycles. The SMILES string of the molecule is O=C(N[C@H](CO)C(O)c1ccc(OC2COC2)c(Cl)c1)OCc1ccccc1. The Balaban J connectivity index is 1.56. The van der Waals surface area contributed by atoms with Gasteiger partial charge in [-0.05, 0) is 23.3 Å². The molecule has 0 bridgehead atoms. The van der Waals surface area contributed by atoms with Crippen LogP contribution in [0.2, 0.25) is 5.02 Å². The molecular formula is C20H22ClNO6. The standard InChI is InChI=1S/C20H22ClNO6/c21-16-8-14(6-7-18(16)28-15-11-26-12-15)19(24)17(9-23)22-20(25)27-10-13-4-2-1-3-5-13/h1-8,15,17,19,23-24H,9-12H2,(H,22,25)/t17-,19?/m1/s1. The van der Waals surface area contributed by atoms with Crippen LogP contribution in [-0.2, 0) is 16.1 Å². The van der Waals surface area contributed by atoms with Gasteiger partial charge >= 0.3 is 6.09 Å². The lowest BCUT2D eigenvalue weighted by atomic mass is 10.0. The van der Waals surface area contributed by atoms with Crippen molar-refractivity contribution in [2.45, 2.75) is 24.9 Å². The number of hydrogen-bond acceptors (Lipinski definition) is 6. The lowest BCUT2D eigenvalue weighted by Gasteiger charge is -2.27. The molecule has 3 N–H and O–H groups in total. The van der Waals surface area contributed by atoms with Crippen LogP contribution in [-0.4, -0.2) is 48.3 Å². The van der Waals surface area contributed by atoms with Gasteiger partial charge in [0.1, 0.15) is 24.6 Å². The van der Waals surface area contributed by atoms with Gasteiger partial charge in [-0.15, -0.1) is 0 Å². The molecule has 3 rings (SSSR count). The Morgan fingerprint density at radius 1 is 1.25 bits per heavy atom. The van der Waals surface area contributed by atoms with Crippen molar-refractivity contribution in [3.05, 3.63) is 64.7 Å². The second-order valence-electron chi connectivity index (χ2n) is 6.41. The van der Waals surface area contributed by atoms with Crippen LogP contribution in [0.4, 0.5) is 4.79 Å². The lowest BCUT2D eigenvalue weighted by Crippen LogP contribution is -2.42. The maximum absolute atomic E-state index is 12.0. The first-order chi connectivity index (χ1) is 13.6. The number of nitrogens with one attached hydrogen (secondary N) is 1. The molecule has 1 unspecified atom stereocenters. The van der Waals surface area contributed by atoms with E-state index in [1.54, 1.807) is 18.2 Å². The molecule has 0 saturated carbocycles. The zero-order valence-corrected chi connectivity index (χ0v) is 15.8. The number of carbonyl (C=O) groups is 1. The number of amides is 1. The Bertz CT molecular complexity index is 784. The molecule has 1 fully saturated rings. The first-order valence-corrected chi connectivity index (χ1v) is 9.24. The van der Waals surface area contributed by atoms with E-state index < -0.39 is 24.8 Å². The normalized spacial score (nSPS) is 16.0. The molecular weight excluding hydrogens is 386 g/mol. The highest BCUT2D eigenvalue weighted by Crippen LogP contribution is 2.30. The van der Waals surface area contributed by atoms with Gasteiger partial charge in [-0.25, -0.2) is 4.79 Å². The van der Waals surface area contributed by atoms with Crippen molar-refractivity contribution >= 4 is 17.7 Å². The van der Waals surface area contributed by atoms with Crippen LogP contribution in [0.15, 0.2) is 48.5 Å². The minimum atomic E-state index is -1.17. The summed E-state index contributed by atoms with van der Waals surface area (Å²) in [6.45, 7) is 0.644. The number of hydrogen-bond donors (Lipinski definition) is 3. The molecule has 8 heteroatoms. The third-order valence-corrected chi connectivity index (χ3v) is 4.59. The maximum Gasteiger partial charge on any atom is 0.407 e. The van der Waals surface area contributed by atoms with Gasteiger partial charge in [-0.2, -0.15) is 0 Å². The van der Waals surface area contributed by atoms with E-state index in [0.717, 1.165) is 5.56 Å². The molecule has 0 radical (unpaired) electrons. The summed E-state index contributed by atoms with van der Waals surface area (Å²) in [6.07, 6.45) is -1.94. The van der Waals surface area contributed by atoms with Gasteiger partial charge in [0.2, 0.25) is 0 Å². The van der Waals surface area contributed by atoms with Gasteiger partial charge in [0, 0.05) is 0 Å². The number of aliphatic hydroxyl groups is 2. The minimum Gasteiger partial charge on any atom is -0.484 e. The van der Waals surface area contributed by atoms with Crippen LogP contribution in [0.1, 0.15) is 17.2 Å². The molecule has 2 aromatic carbocycles. The molecule has 0 aliphatic carbocycles. The van der Waals surface area contributed by atoms with Crippen molar-refractivity contribution in [2.75, 3.05) is 19.8 Å². The van der Waals surface area contributed by atoms with Crippen LogP contribution < -0.4 is 10.1 Å². The van der Waals surface area contributed by atoms with Crippen LogP contribution in [0.5, 0.6) is 5.75 Å². The monoisotopic (exact) mass is 407 g/mol. The van der Waals surface area contributed by atoms with Crippen molar-refractivity contribution in [3.8, 4) is 5.75 Å². The maximum atomic E-state index is 12.0. The first-order valence-electron chi connectivity index (χ1n) is 8.87. The zero-order chi connectivity index (χ0) is 19.9. The summed E-state index contributed by atoms with van der Waals surface area (Å²) < 4.78 is 15.8. The van der Waals surface area contributed by atoms with Gasteiger partial charge in [-0.3, -0.25) is 0 Å². The Kier molecular flexibility index (Phi) is 7.11. The number of halogens is 1. The number of alkyl carbamates (subject to hydrolysis) is 1. The Hall–Kier alpha value is -2.32. The molecule has 0 spiro atoms. The number of rotatable bonds is 8. The highest BCUT2D eigenvalue weighted by atomic mass is 35.5. The summed E-state index contributed by atoms with van der Waals surface area (Å²) in [4.78, 5) is 12.0. The summed E-state index contributed by atoms with van der Waals surface area (Å²) in [6, 6.07) is 13.1. The predicted octanol–water partition coefficient (Wildman–Crippen LogP) is 2.44. The summed E-state index contributed by atoms with van der Waals surface area (Å²) in [5.74, 6) is 0.488. The van der Waals surface area contributed by atoms with E-state index in [0.29, 0.717) is 29.5 Å². The molecule has 0 aromatic heterocycles. The van der Waals surface area contributed by atoms with Gasteiger partial charge in [-0.1, -0.05) is 48.0 Å². The second-order valence-corrected chi connectivity index (χ2v) is 6.81. The van der Waals surface area contributed by atoms with Crippen molar-refractivity contribution in [2.24, 2.45) is 0 Å². The first kappa shape index (κ1) is 20.4. The van der Waals surface area contributed by atoms with Crippen LogP contribution in [0, 0.1) is 0 Å². The highest BCUT2D eigenvalue weighted by molar-refractivity contribution is 6.32. The van der Waals surface area contributed by atoms with E-state index in [1.807, 2.05) is 30.3 Å². The number of carbonyl (C=O) groups excluding carboxylic acids is 1. The predicted molar refractivity (Wildman–Crippen MR) is 102 cm³/mol. The van der Waals surface area contributed by atoms with Crippen LogP contribution in [0.3, 0.4) is 0 Å². The largest absolute Gasteiger partial charge is 0.484 e. The molecule has 1 aliphatic heterocycles. The third kappa shape index (κ3) is 5.36. The molecule has 2 aromatic rings. The Morgan fingerprint density at radius 2 is 2.00 bits per heavy atom. The number of benzene rings is 2. The molecule has 7 nitrogen and oxygen atoms in total. The molecule has 28 heavy (non-hydrogen) atoms. The fourth-order valence-electron chi connectivity index (χ4n) is 2.63. The quantitative estimate of drug-likeness (QED) is 0.622. The van der Waals surface area contributed by atoms with E-state index in [-0.39, 0.29) is 12.7 Å². The van der Waals surface area contributed by atoms with Crippen molar-refractivity contribution < 1.29 is 29.2 Å².